The molecule has 0 atom stereocenters. The van der Waals surface area contributed by atoms with Crippen LogP contribution in [-0.4, -0.2) is 18.5 Å². The standard InChI is InChI=1S/C11H16N2.C3H8.H2O/c1-9(2)6-7-11(10(3)4)13-8-12-5;1-3-2;/h6-8H,3,5H2,1-2,4H3;3H2,1-2H3;1H2/b11-7+,13-8?;;. The summed E-state index contributed by atoms with van der Waals surface area (Å²) in [5.74, 6) is 0. The normalized spacial score (nSPS) is 9.82. The monoisotopic (exact) mass is 238 g/mol. The van der Waals surface area contributed by atoms with E-state index in [0.717, 1.165) is 11.3 Å². The highest BCUT2D eigenvalue weighted by molar-refractivity contribution is 5.64. The number of rotatable bonds is 4. The largest absolute Gasteiger partial charge is 0.412 e. The summed E-state index contributed by atoms with van der Waals surface area (Å²) in [5, 5.41) is 0. The maximum atomic E-state index is 4.08. The molecular formula is C14H26N2O. The summed E-state index contributed by atoms with van der Waals surface area (Å²) < 4.78 is 0. The predicted octanol–water partition coefficient (Wildman–Crippen LogP) is 3.73. The van der Waals surface area contributed by atoms with E-state index in [2.05, 4.69) is 37.1 Å². The topological polar surface area (TPSA) is 56.2 Å². The molecule has 0 aliphatic rings. The molecule has 0 aromatic rings. The first-order chi connectivity index (χ1) is 7.49. The average Bonchev–Trinajstić information content (AvgIpc) is 2.18. The molecule has 0 unspecified atom stereocenters. The smallest absolute Gasteiger partial charge is 0.115 e. The summed E-state index contributed by atoms with van der Waals surface area (Å²) in [6, 6.07) is 0. The molecule has 98 valence electrons. The van der Waals surface area contributed by atoms with Gasteiger partial charge in [0.25, 0.3) is 0 Å². The molecule has 0 aliphatic carbocycles. The van der Waals surface area contributed by atoms with Crippen LogP contribution in [0, 0.1) is 0 Å². The minimum absolute atomic E-state index is 0. The molecule has 0 aromatic carbocycles. The highest BCUT2D eigenvalue weighted by Crippen LogP contribution is 2.08. The van der Waals surface area contributed by atoms with Crippen LogP contribution in [0.5, 0.6) is 0 Å². The van der Waals surface area contributed by atoms with E-state index in [1.807, 2.05) is 32.9 Å². The second kappa shape index (κ2) is 14.5. The van der Waals surface area contributed by atoms with E-state index in [1.54, 1.807) is 0 Å². The van der Waals surface area contributed by atoms with Gasteiger partial charge in [0, 0.05) is 0 Å². The van der Waals surface area contributed by atoms with Gasteiger partial charge in [-0.25, -0.2) is 4.99 Å². The predicted molar refractivity (Wildman–Crippen MR) is 79.9 cm³/mol. The third kappa shape index (κ3) is 17.2. The molecule has 2 N–H and O–H groups in total. The van der Waals surface area contributed by atoms with Crippen molar-refractivity contribution in [1.29, 1.82) is 0 Å². The van der Waals surface area contributed by atoms with Crippen LogP contribution in [-0.2, 0) is 0 Å². The average molecular weight is 238 g/mol. The van der Waals surface area contributed by atoms with Gasteiger partial charge in [0.05, 0.1) is 5.70 Å². The second-order valence-corrected chi connectivity index (χ2v) is 3.71. The molecule has 0 rings (SSSR count). The quantitative estimate of drug-likeness (QED) is 0.407. The Morgan fingerprint density at radius 3 is 1.88 bits per heavy atom. The molecule has 0 aromatic heterocycles. The first-order valence-corrected chi connectivity index (χ1v) is 5.48. The summed E-state index contributed by atoms with van der Waals surface area (Å²) in [7, 11) is 0. The maximum Gasteiger partial charge on any atom is 0.115 e. The van der Waals surface area contributed by atoms with E-state index < -0.39 is 0 Å². The Bertz CT molecular complexity index is 295. The van der Waals surface area contributed by atoms with Gasteiger partial charge in [-0.15, -0.1) is 0 Å². The van der Waals surface area contributed by atoms with E-state index >= 15 is 0 Å². The number of nitrogens with zero attached hydrogens (tertiary/aromatic N) is 2. The fourth-order valence-electron chi connectivity index (χ4n) is 0.644. The highest BCUT2D eigenvalue weighted by Gasteiger charge is 1.91. The van der Waals surface area contributed by atoms with Gasteiger partial charge in [0.1, 0.15) is 6.34 Å². The van der Waals surface area contributed by atoms with E-state index in [-0.39, 0.29) is 5.48 Å². The lowest BCUT2D eigenvalue weighted by Gasteiger charge is -1.96. The van der Waals surface area contributed by atoms with Crippen molar-refractivity contribution in [3.05, 3.63) is 35.6 Å². The van der Waals surface area contributed by atoms with Crippen molar-refractivity contribution in [2.75, 3.05) is 0 Å². The number of aliphatic imine (C=N–C) groups is 2. The molecule has 0 radical (unpaired) electrons. The van der Waals surface area contributed by atoms with Crippen molar-refractivity contribution < 1.29 is 5.48 Å². The van der Waals surface area contributed by atoms with Gasteiger partial charge in [-0.1, -0.05) is 38.5 Å². The minimum atomic E-state index is 0. The third-order valence-electron chi connectivity index (χ3n) is 1.29. The van der Waals surface area contributed by atoms with Crippen molar-refractivity contribution in [2.45, 2.75) is 41.0 Å². The lowest BCUT2D eigenvalue weighted by Crippen LogP contribution is -1.79. The lowest BCUT2D eigenvalue weighted by molar-refractivity contribution is 0.824. The first kappa shape index (κ1) is 20.9. The summed E-state index contributed by atoms with van der Waals surface area (Å²) in [6.45, 7) is 17.3. The van der Waals surface area contributed by atoms with Crippen molar-refractivity contribution in [3.8, 4) is 0 Å². The Kier molecular flexibility index (Phi) is 17.8. The lowest BCUT2D eigenvalue weighted by atomic mass is 10.2. The van der Waals surface area contributed by atoms with Crippen LogP contribution in [0.1, 0.15) is 41.0 Å². The molecule has 0 amide bonds. The fourth-order valence-corrected chi connectivity index (χ4v) is 0.644. The zero-order valence-electron chi connectivity index (χ0n) is 11.7. The van der Waals surface area contributed by atoms with Crippen molar-refractivity contribution in [2.24, 2.45) is 9.98 Å². The summed E-state index contributed by atoms with van der Waals surface area (Å²) in [5.41, 5.74) is 2.96. The van der Waals surface area contributed by atoms with Crippen molar-refractivity contribution in [1.82, 2.24) is 0 Å². The molecule has 3 heteroatoms. The van der Waals surface area contributed by atoms with Gasteiger partial charge in [-0.2, -0.15) is 0 Å². The Morgan fingerprint density at radius 1 is 1.12 bits per heavy atom. The minimum Gasteiger partial charge on any atom is -0.412 e. The van der Waals surface area contributed by atoms with E-state index in [0.29, 0.717) is 0 Å². The van der Waals surface area contributed by atoms with Crippen LogP contribution >= 0.6 is 0 Å². The second-order valence-electron chi connectivity index (χ2n) is 3.71. The van der Waals surface area contributed by atoms with E-state index in [4.69, 9.17) is 0 Å². The molecular weight excluding hydrogens is 212 g/mol. The molecule has 0 heterocycles. The highest BCUT2D eigenvalue weighted by atomic mass is 16.0. The molecule has 0 aliphatic heterocycles. The Hall–Kier alpha value is -1.48. The van der Waals surface area contributed by atoms with Crippen LogP contribution in [0.4, 0.5) is 0 Å². The summed E-state index contributed by atoms with van der Waals surface area (Å²) in [6.07, 6.45) is 6.57. The summed E-state index contributed by atoms with van der Waals surface area (Å²) >= 11 is 0. The first-order valence-electron chi connectivity index (χ1n) is 5.48. The van der Waals surface area contributed by atoms with Gasteiger partial charge in [0.15, 0.2) is 0 Å². The van der Waals surface area contributed by atoms with Gasteiger partial charge in [0.2, 0.25) is 0 Å². The van der Waals surface area contributed by atoms with Crippen molar-refractivity contribution >= 4 is 13.1 Å². The van der Waals surface area contributed by atoms with Gasteiger partial charge in [-0.3, -0.25) is 4.99 Å². The molecule has 0 spiro atoms. The van der Waals surface area contributed by atoms with Gasteiger partial charge in [-0.05, 0) is 39.1 Å². The molecule has 0 bridgehead atoms. The fraction of sp³-hybridized carbons (Fsp3) is 0.429. The van der Waals surface area contributed by atoms with E-state index in [1.165, 1.54) is 18.3 Å². The van der Waals surface area contributed by atoms with Crippen LogP contribution in [0.3, 0.4) is 0 Å². The third-order valence-corrected chi connectivity index (χ3v) is 1.29. The SMILES string of the molecule is C=NC=N/C(=C/C=C(C)C)C(=C)C.CCC.O. The Labute approximate surface area is 106 Å². The van der Waals surface area contributed by atoms with Crippen molar-refractivity contribution in [3.63, 3.8) is 0 Å². The molecule has 17 heavy (non-hydrogen) atoms. The molecule has 3 nitrogen and oxygen atoms in total. The Balaban J connectivity index is -0.000000440. The maximum absolute atomic E-state index is 4.08. The van der Waals surface area contributed by atoms with Crippen LogP contribution in [0.25, 0.3) is 0 Å². The molecule has 0 saturated heterocycles. The number of hydrogen-bond donors (Lipinski definition) is 0. The van der Waals surface area contributed by atoms with Gasteiger partial charge >= 0.3 is 0 Å². The number of allylic oxidation sites excluding steroid dienone is 4. The zero-order valence-corrected chi connectivity index (χ0v) is 11.7. The molecule has 0 fully saturated rings. The van der Waals surface area contributed by atoms with Crippen LogP contribution in [0.15, 0.2) is 45.6 Å². The van der Waals surface area contributed by atoms with Crippen LogP contribution in [0.2, 0.25) is 0 Å². The van der Waals surface area contributed by atoms with Crippen LogP contribution < -0.4 is 0 Å². The zero-order chi connectivity index (χ0) is 13.0. The van der Waals surface area contributed by atoms with Gasteiger partial charge < -0.3 is 5.48 Å². The Morgan fingerprint density at radius 2 is 1.59 bits per heavy atom. The number of hydrogen-bond acceptors (Lipinski definition) is 1. The summed E-state index contributed by atoms with van der Waals surface area (Å²) in [4.78, 5) is 7.62. The molecule has 0 saturated carbocycles. The van der Waals surface area contributed by atoms with E-state index in [9.17, 15) is 0 Å².